The smallest absolute Gasteiger partial charge is 0.275 e. The van der Waals surface area contributed by atoms with Gasteiger partial charge in [0, 0.05) is 49.4 Å². The van der Waals surface area contributed by atoms with Gasteiger partial charge in [0.2, 0.25) is 4.96 Å². The Morgan fingerprint density at radius 2 is 1.89 bits per heavy atom. The van der Waals surface area contributed by atoms with Crippen LogP contribution in [-0.4, -0.2) is 63.1 Å². The first-order chi connectivity index (χ1) is 17.0. The average Bonchev–Trinajstić information content (AvgIpc) is 3.29. The number of hydrogen-bond donors (Lipinski definition) is 0. The van der Waals surface area contributed by atoms with Crippen LogP contribution in [0.3, 0.4) is 0 Å². The number of rotatable bonds is 6. The lowest BCUT2D eigenvalue weighted by Crippen LogP contribution is -2.49. The van der Waals surface area contributed by atoms with E-state index in [4.69, 9.17) is 16.3 Å². The Hall–Kier alpha value is -3.27. The van der Waals surface area contributed by atoms with E-state index < -0.39 is 0 Å². The number of aromatic nitrogens is 3. The maximum Gasteiger partial charge on any atom is 0.275 e. The summed E-state index contributed by atoms with van der Waals surface area (Å²) in [5.74, 6) is 0.706. The van der Waals surface area contributed by atoms with Crippen molar-refractivity contribution < 1.29 is 9.53 Å². The lowest BCUT2D eigenvalue weighted by molar-refractivity contribution is -0.135. The van der Waals surface area contributed by atoms with Crippen molar-refractivity contribution in [2.24, 2.45) is 0 Å². The summed E-state index contributed by atoms with van der Waals surface area (Å²) < 4.78 is 7.03. The zero-order valence-corrected chi connectivity index (χ0v) is 20.8. The summed E-state index contributed by atoms with van der Waals surface area (Å²) in [5.41, 5.74) is 2.34. The standard InChI is InChI=1S/C25H24ClN5O3S/c1-17-5-2-3-8-21(17)34-16-23(33)30-11-9-29(10-12-30)15-20-14-22(32)31-25(27-20)35-24(28-31)18-6-4-7-19(26)13-18/h2-8,13-14H,9-12,15-16H2,1H3. The number of carbonyl (C=O) groups is 1. The maximum absolute atomic E-state index is 12.7. The van der Waals surface area contributed by atoms with E-state index in [-0.39, 0.29) is 18.1 Å². The Kier molecular flexibility index (Phi) is 6.81. The van der Waals surface area contributed by atoms with Crippen molar-refractivity contribution in [1.82, 2.24) is 24.4 Å². The van der Waals surface area contributed by atoms with Gasteiger partial charge in [-0.2, -0.15) is 9.61 Å². The van der Waals surface area contributed by atoms with Crippen LogP contribution in [0.5, 0.6) is 5.75 Å². The molecule has 0 bridgehead atoms. The Morgan fingerprint density at radius 3 is 2.66 bits per heavy atom. The van der Waals surface area contributed by atoms with E-state index in [1.54, 1.807) is 6.07 Å². The van der Waals surface area contributed by atoms with E-state index in [0.29, 0.717) is 53.4 Å². The zero-order valence-electron chi connectivity index (χ0n) is 19.2. The summed E-state index contributed by atoms with van der Waals surface area (Å²) in [5, 5.41) is 5.72. The van der Waals surface area contributed by atoms with Crippen LogP contribution in [0, 0.1) is 6.92 Å². The molecule has 1 amide bonds. The summed E-state index contributed by atoms with van der Waals surface area (Å²) >= 11 is 7.45. The van der Waals surface area contributed by atoms with Crippen molar-refractivity contribution in [3.63, 3.8) is 0 Å². The van der Waals surface area contributed by atoms with Crippen molar-refractivity contribution >= 4 is 33.8 Å². The molecule has 5 rings (SSSR count). The molecular formula is C25H24ClN5O3S. The summed E-state index contributed by atoms with van der Waals surface area (Å²) in [6, 6.07) is 16.6. The number of piperazine rings is 1. The molecule has 0 spiro atoms. The number of carbonyl (C=O) groups excluding carboxylic acids is 1. The zero-order chi connectivity index (χ0) is 24.4. The molecule has 0 N–H and O–H groups in total. The number of fused-ring (bicyclic) bond motifs is 1. The number of halogens is 1. The van der Waals surface area contributed by atoms with E-state index in [1.807, 2.05) is 54.3 Å². The van der Waals surface area contributed by atoms with Gasteiger partial charge >= 0.3 is 0 Å². The number of para-hydroxylation sites is 1. The average molecular weight is 510 g/mol. The van der Waals surface area contributed by atoms with Gasteiger partial charge in [-0.05, 0) is 30.7 Å². The van der Waals surface area contributed by atoms with Gasteiger partial charge in [0.1, 0.15) is 10.8 Å². The largest absolute Gasteiger partial charge is 0.484 e. The van der Waals surface area contributed by atoms with Gasteiger partial charge in [0.15, 0.2) is 6.61 Å². The quantitative estimate of drug-likeness (QED) is 0.396. The number of amides is 1. The highest BCUT2D eigenvalue weighted by Gasteiger charge is 2.22. The fourth-order valence-electron chi connectivity index (χ4n) is 4.01. The van der Waals surface area contributed by atoms with Crippen LogP contribution in [0.2, 0.25) is 5.02 Å². The molecule has 0 saturated carbocycles. The van der Waals surface area contributed by atoms with E-state index in [2.05, 4.69) is 15.0 Å². The van der Waals surface area contributed by atoms with E-state index in [1.165, 1.54) is 21.9 Å². The fraction of sp³-hybridized carbons (Fsp3) is 0.280. The molecule has 0 radical (unpaired) electrons. The Morgan fingerprint density at radius 1 is 1.09 bits per heavy atom. The lowest BCUT2D eigenvalue weighted by Gasteiger charge is -2.34. The first kappa shape index (κ1) is 23.5. The molecule has 1 saturated heterocycles. The minimum atomic E-state index is -0.211. The van der Waals surface area contributed by atoms with Gasteiger partial charge in [-0.1, -0.05) is 53.3 Å². The van der Waals surface area contributed by atoms with E-state index in [9.17, 15) is 9.59 Å². The minimum absolute atomic E-state index is 0.0242. The molecule has 3 heterocycles. The van der Waals surface area contributed by atoms with Crippen molar-refractivity contribution in [3.05, 3.63) is 81.2 Å². The highest BCUT2D eigenvalue weighted by Crippen LogP contribution is 2.26. The molecule has 1 fully saturated rings. The lowest BCUT2D eigenvalue weighted by atomic mass is 10.2. The molecule has 0 aliphatic carbocycles. The molecule has 2 aromatic heterocycles. The van der Waals surface area contributed by atoms with E-state index >= 15 is 0 Å². The van der Waals surface area contributed by atoms with Crippen LogP contribution in [0.4, 0.5) is 0 Å². The number of nitrogens with zero attached hydrogens (tertiary/aromatic N) is 5. The second kappa shape index (κ2) is 10.2. The highest BCUT2D eigenvalue weighted by atomic mass is 35.5. The highest BCUT2D eigenvalue weighted by molar-refractivity contribution is 7.19. The van der Waals surface area contributed by atoms with Crippen molar-refractivity contribution in [2.75, 3.05) is 32.8 Å². The van der Waals surface area contributed by atoms with Gasteiger partial charge in [-0.25, -0.2) is 4.98 Å². The molecule has 180 valence electrons. The number of benzene rings is 2. The Bertz CT molecular complexity index is 1430. The predicted octanol–water partition coefficient (Wildman–Crippen LogP) is 3.50. The van der Waals surface area contributed by atoms with Crippen LogP contribution in [0.1, 0.15) is 11.3 Å². The van der Waals surface area contributed by atoms with Gasteiger partial charge in [-0.15, -0.1) is 0 Å². The molecule has 0 atom stereocenters. The fourth-order valence-corrected chi connectivity index (χ4v) is 5.12. The third-order valence-electron chi connectivity index (χ3n) is 5.92. The van der Waals surface area contributed by atoms with Crippen molar-refractivity contribution in [3.8, 4) is 16.3 Å². The normalized spacial score (nSPS) is 14.4. The third-order valence-corrected chi connectivity index (χ3v) is 7.12. The predicted molar refractivity (Wildman–Crippen MR) is 136 cm³/mol. The van der Waals surface area contributed by atoms with Crippen LogP contribution >= 0.6 is 22.9 Å². The van der Waals surface area contributed by atoms with Crippen molar-refractivity contribution in [2.45, 2.75) is 13.5 Å². The summed E-state index contributed by atoms with van der Waals surface area (Å²) in [7, 11) is 0. The minimum Gasteiger partial charge on any atom is -0.484 e. The van der Waals surface area contributed by atoms with Gasteiger partial charge in [-0.3, -0.25) is 14.5 Å². The second-order valence-corrected chi connectivity index (χ2v) is 9.80. The van der Waals surface area contributed by atoms with Crippen LogP contribution in [0.15, 0.2) is 59.4 Å². The number of aryl methyl sites for hydroxylation is 1. The van der Waals surface area contributed by atoms with Crippen molar-refractivity contribution in [1.29, 1.82) is 0 Å². The summed E-state index contributed by atoms with van der Waals surface area (Å²) in [4.78, 5) is 34.5. The summed E-state index contributed by atoms with van der Waals surface area (Å²) in [6.45, 7) is 5.15. The molecule has 0 unspecified atom stereocenters. The first-order valence-corrected chi connectivity index (χ1v) is 12.5. The van der Waals surface area contributed by atoms with E-state index in [0.717, 1.165) is 16.9 Å². The Balaban J connectivity index is 1.20. The molecule has 2 aromatic carbocycles. The monoisotopic (exact) mass is 509 g/mol. The van der Waals surface area contributed by atoms with Crippen LogP contribution in [0.25, 0.3) is 15.5 Å². The second-order valence-electron chi connectivity index (χ2n) is 8.41. The number of ether oxygens (including phenoxy) is 1. The van der Waals surface area contributed by atoms with Gasteiger partial charge in [0.05, 0.1) is 5.69 Å². The first-order valence-electron chi connectivity index (χ1n) is 11.3. The molecule has 4 aromatic rings. The molecule has 8 nitrogen and oxygen atoms in total. The van der Waals surface area contributed by atoms with Crippen LogP contribution in [-0.2, 0) is 11.3 Å². The SMILES string of the molecule is Cc1ccccc1OCC(=O)N1CCN(Cc2cc(=O)n3nc(-c4cccc(Cl)c4)sc3n2)CC1. The summed E-state index contributed by atoms with van der Waals surface area (Å²) in [6.07, 6.45) is 0. The topological polar surface area (TPSA) is 80.0 Å². The molecule has 35 heavy (non-hydrogen) atoms. The molecule has 10 heteroatoms. The molecule has 1 aliphatic rings. The Labute approximate surface area is 211 Å². The maximum atomic E-state index is 12.7. The van der Waals surface area contributed by atoms with Gasteiger partial charge < -0.3 is 9.64 Å². The van der Waals surface area contributed by atoms with Crippen LogP contribution < -0.4 is 10.3 Å². The third kappa shape index (κ3) is 5.37. The van der Waals surface area contributed by atoms with Gasteiger partial charge in [0.25, 0.3) is 11.5 Å². The molecular weight excluding hydrogens is 486 g/mol. The number of hydrogen-bond acceptors (Lipinski definition) is 7. The molecule has 1 aliphatic heterocycles.